The van der Waals surface area contributed by atoms with E-state index in [2.05, 4.69) is 33.4 Å². The number of likely N-dealkylation sites (N-methyl/N-ethyl adjacent to an activating group) is 1. The number of hydrogen-bond donors (Lipinski definition) is 2. The van der Waals surface area contributed by atoms with Crippen LogP contribution in [0.1, 0.15) is 68.2 Å². The molecule has 2 aromatic heterocycles. The molecule has 12 nitrogen and oxygen atoms in total. The predicted octanol–water partition coefficient (Wildman–Crippen LogP) is 3.78. The molecule has 3 aromatic rings. The number of aromatic nitrogens is 3. The number of fused-ring (bicyclic) bond motifs is 2. The van der Waals surface area contributed by atoms with Crippen molar-refractivity contribution in [1.82, 2.24) is 30.1 Å². The highest BCUT2D eigenvalue weighted by Crippen LogP contribution is 2.31. The molecule has 44 heavy (non-hydrogen) atoms. The summed E-state index contributed by atoms with van der Waals surface area (Å²) in [5.74, 6) is 2.19. The van der Waals surface area contributed by atoms with E-state index >= 15 is 0 Å². The highest BCUT2D eigenvalue weighted by atomic mass is 16.6. The SMILES string of the molecule is CC[C@H]1c2cc3nc(N4CC[C@H](NC(=O)OC(C)(C)C)C4)cc(n3n2)N(C)CCNCCOc2ccc(C)cc2C(=O)N1C. The number of anilines is 2. The van der Waals surface area contributed by atoms with Crippen molar-refractivity contribution in [1.29, 1.82) is 0 Å². The molecule has 1 fully saturated rings. The Morgan fingerprint density at radius 1 is 1.16 bits per heavy atom. The van der Waals surface area contributed by atoms with Crippen molar-refractivity contribution in [3.63, 3.8) is 0 Å². The van der Waals surface area contributed by atoms with Crippen LogP contribution in [0.5, 0.6) is 5.75 Å². The van der Waals surface area contributed by atoms with Crippen LogP contribution in [-0.4, -0.2) is 96.6 Å². The number of hydrogen-bond acceptors (Lipinski definition) is 9. The van der Waals surface area contributed by atoms with Gasteiger partial charge in [0.1, 0.15) is 29.6 Å². The molecule has 0 saturated carbocycles. The normalized spacial score (nSPS) is 20.2. The maximum atomic E-state index is 13.9. The van der Waals surface area contributed by atoms with Crippen molar-refractivity contribution in [2.45, 2.75) is 65.1 Å². The molecule has 2 N–H and O–H groups in total. The van der Waals surface area contributed by atoms with E-state index in [-0.39, 0.29) is 18.0 Å². The maximum absolute atomic E-state index is 13.9. The number of nitrogens with one attached hydrogen (secondary N) is 2. The Morgan fingerprint density at radius 2 is 1.95 bits per heavy atom. The Morgan fingerprint density at radius 3 is 2.70 bits per heavy atom. The predicted molar refractivity (Wildman–Crippen MR) is 171 cm³/mol. The summed E-state index contributed by atoms with van der Waals surface area (Å²) in [6.07, 6.45) is 1.07. The number of rotatable bonds is 3. The summed E-state index contributed by atoms with van der Waals surface area (Å²) in [6, 6.07) is 9.47. The third-order valence-electron chi connectivity index (χ3n) is 8.08. The smallest absolute Gasteiger partial charge is 0.407 e. The molecule has 2 aliphatic rings. The van der Waals surface area contributed by atoms with Crippen LogP contribution in [0.3, 0.4) is 0 Å². The Kier molecular flexibility index (Phi) is 9.19. The van der Waals surface area contributed by atoms with Gasteiger partial charge in [0.25, 0.3) is 5.91 Å². The molecule has 1 aromatic carbocycles. The standard InChI is InChI=1S/C32H46N8O4/c1-8-25-24-18-28-35-27(39-14-11-22(20-39)34-31(42)44-32(3,4)5)19-29(40(28)36-24)37(6)15-12-33-13-16-43-26-10-9-21(2)17-23(26)30(41)38(25)7/h9-10,17-19,22,25,33H,8,11-16,20H2,1-7H3,(H,34,42)/t22-,25-/m0/s1. The molecule has 2 atom stereocenters. The second-order valence-corrected chi connectivity index (χ2v) is 12.7. The van der Waals surface area contributed by atoms with E-state index in [1.165, 1.54) is 0 Å². The summed E-state index contributed by atoms with van der Waals surface area (Å²) in [7, 11) is 3.87. The summed E-state index contributed by atoms with van der Waals surface area (Å²) < 4.78 is 13.4. The number of carbonyl (C=O) groups excluding carboxylic acids is 2. The number of carbonyl (C=O) groups is 2. The Labute approximate surface area is 259 Å². The van der Waals surface area contributed by atoms with Crippen molar-refractivity contribution in [2.75, 3.05) is 63.2 Å². The first-order chi connectivity index (χ1) is 20.9. The van der Waals surface area contributed by atoms with Gasteiger partial charge in [0, 0.05) is 59.0 Å². The second kappa shape index (κ2) is 12.9. The zero-order valence-electron chi connectivity index (χ0n) is 27.0. The first-order valence-corrected chi connectivity index (χ1v) is 15.5. The molecule has 12 heteroatoms. The summed E-state index contributed by atoms with van der Waals surface area (Å²) in [5, 5.41) is 11.5. The molecule has 2 aliphatic heterocycles. The number of aryl methyl sites for hydroxylation is 1. The lowest BCUT2D eigenvalue weighted by Crippen LogP contribution is -2.40. The van der Waals surface area contributed by atoms with Gasteiger partial charge in [0.2, 0.25) is 0 Å². The van der Waals surface area contributed by atoms with Crippen LogP contribution in [-0.2, 0) is 4.74 Å². The fraction of sp³-hybridized carbons (Fsp3) is 0.562. The zero-order valence-corrected chi connectivity index (χ0v) is 27.0. The molecule has 4 heterocycles. The van der Waals surface area contributed by atoms with E-state index in [0.29, 0.717) is 43.1 Å². The average molecular weight is 607 g/mol. The third-order valence-corrected chi connectivity index (χ3v) is 8.08. The van der Waals surface area contributed by atoms with Gasteiger partial charge in [-0.2, -0.15) is 9.61 Å². The zero-order chi connectivity index (χ0) is 31.6. The minimum Gasteiger partial charge on any atom is -0.491 e. The van der Waals surface area contributed by atoms with E-state index in [0.717, 1.165) is 48.9 Å². The number of amides is 2. The summed E-state index contributed by atoms with van der Waals surface area (Å²) >= 11 is 0. The van der Waals surface area contributed by atoms with Crippen molar-refractivity contribution < 1.29 is 19.1 Å². The van der Waals surface area contributed by atoms with E-state index in [4.69, 9.17) is 19.6 Å². The fourth-order valence-corrected chi connectivity index (χ4v) is 5.79. The quantitative estimate of drug-likeness (QED) is 0.460. The molecule has 0 unspecified atom stereocenters. The largest absolute Gasteiger partial charge is 0.491 e. The van der Waals surface area contributed by atoms with Gasteiger partial charge in [-0.15, -0.1) is 0 Å². The van der Waals surface area contributed by atoms with Gasteiger partial charge in [-0.1, -0.05) is 18.6 Å². The molecule has 0 aliphatic carbocycles. The third kappa shape index (κ3) is 7.01. The van der Waals surface area contributed by atoms with Crippen LogP contribution in [0, 0.1) is 6.92 Å². The minimum atomic E-state index is -0.550. The average Bonchev–Trinajstić information content (AvgIpc) is 3.60. The van der Waals surface area contributed by atoms with E-state index < -0.39 is 11.7 Å². The summed E-state index contributed by atoms with van der Waals surface area (Å²) in [6.45, 7) is 13.6. The highest BCUT2D eigenvalue weighted by Gasteiger charge is 2.30. The van der Waals surface area contributed by atoms with Gasteiger partial charge in [0.05, 0.1) is 23.3 Å². The van der Waals surface area contributed by atoms with E-state index in [1.807, 2.05) is 70.6 Å². The van der Waals surface area contributed by atoms with Crippen LogP contribution < -0.4 is 25.2 Å². The molecule has 1 saturated heterocycles. The van der Waals surface area contributed by atoms with E-state index in [9.17, 15) is 9.59 Å². The summed E-state index contributed by atoms with van der Waals surface area (Å²) in [4.78, 5) is 37.4. The first-order valence-electron chi connectivity index (χ1n) is 15.5. The van der Waals surface area contributed by atoms with Crippen LogP contribution in [0.25, 0.3) is 5.65 Å². The van der Waals surface area contributed by atoms with Crippen molar-refractivity contribution >= 4 is 29.3 Å². The molecule has 5 rings (SSSR count). The Hall–Kier alpha value is -4.06. The molecule has 2 bridgehead atoms. The van der Waals surface area contributed by atoms with Crippen molar-refractivity contribution in [3.05, 3.63) is 47.2 Å². The van der Waals surface area contributed by atoms with Gasteiger partial charge in [-0.25, -0.2) is 9.78 Å². The molecule has 0 radical (unpaired) electrons. The lowest BCUT2D eigenvalue weighted by Gasteiger charge is -2.27. The first kappa shape index (κ1) is 31.4. The van der Waals surface area contributed by atoms with Crippen molar-refractivity contribution in [3.8, 4) is 5.75 Å². The van der Waals surface area contributed by atoms with Gasteiger partial charge < -0.3 is 34.8 Å². The molecule has 2 amide bonds. The topological polar surface area (TPSA) is 117 Å². The fourth-order valence-electron chi connectivity index (χ4n) is 5.79. The molecule has 238 valence electrons. The van der Waals surface area contributed by atoms with Gasteiger partial charge >= 0.3 is 6.09 Å². The van der Waals surface area contributed by atoms with Crippen LogP contribution in [0.2, 0.25) is 0 Å². The van der Waals surface area contributed by atoms with Gasteiger partial charge in [-0.05, 0) is 52.7 Å². The monoisotopic (exact) mass is 606 g/mol. The number of benzene rings is 1. The highest BCUT2D eigenvalue weighted by molar-refractivity contribution is 5.97. The number of nitrogens with zero attached hydrogens (tertiary/aromatic N) is 6. The Balaban J connectivity index is 1.48. The van der Waals surface area contributed by atoms with Gasteiger partial charge in [-0.3, -0.25) is 4.79 Å². The number of alkyl carbamates (subject to hydrolysis) is 1. The second-order valence-electron chi connectivity index (χ2n) is 12.7. The van der Waals surface area contributed by atoms with Crippen LogP contribution in [0.15, 0.2) is 30.3 Å². The van der Waals surface area contributed by atoms with Gasteiger partial charge in [0.15, 0.2) is 5.65 Å². The van der Waals surface area contributed by atoms with Crippen molar-refractivity contribution in [2.24, 2.45) is 0 Å². The lowest BCUT2D eigenvalue weighted by molar-refractivity contribution is 0.0508. The Bertz CT molecular complexity index is 1500. The maximum Gasteiger partial charge on any atom is 0.407 e. The number of ether oxygens (including phenoxy) is 2. The molecular weight excluding hydrogens is 560 g/mol. The molecule has 0 spiro atoms. The lowest BCUT2D eigenvalue weighted by atomic mass is 10.1. The van der Waals surface area contributed by atoms with Crippen LogP contribution >= 0.6 is 0 Å². The minimum absolute atomic E-state index is 0.0407. The van der Waals surface area contributed by atoms with Crippen LogP contribution in [0.4, 0.5) is 16.4 Å². The van der Waals surface area contributed by atoms with E-state index in [1.54, 1.807) is 4.90 Å². The molecular formula is C32H46N8O4. The summed E-state index contributed by atoms with van der Waals surface area (Å²) in [5.41, 5.74) is 2.47.